The minimum absolute atomic E-state index is 0.193. The van der Waals surface area contributed by atoms with Crippen LogP contribution in [0.25, 0.3) is 11.0 Å². The summed E-state index contributed by atoms with van der Waals surface area (Å²) in [6.45, 7) is 8.73. The van der Waals surface area contributed by atoms with Gasteiger partial charge in [-0.1, -0.05) is 24.3 Å². The number of furan rings is 1. The van der Waals surface area contributed by atoms with Crippen LogP contribution in [0.2, 0.25) is 0 Å². The van der Waals surface area contributed by atoms with Crippen LogP contribution in [0.1, 0.15) is 34.9 Å². The summed E-state index contributed by atoms with van der Waals surface area (Å²) >= 11 is 0. The average molecular weight is 388 g/mol. The Kier molecular flexibility index (Phi) is 4.93. The van der Waals surface area contributed by atoms with Crippen LogP contribution < -0.4 is 4.72 Å². The lowest BCUT2D eigenvalue weighted by Gasteiger charge is -2.22. The third-order valence-corrected chi connectivity index (χ3v) is 6.80. The van der Waals surface area contributed by atoms with Crippen molar-refractivity contribution in [1.82, 2.24) is 4.72 Å². The minimum Gasteiger partial charge on any atom is -0.458 e. The van der Waals surface area contributed by atoms with E-state index in [0.717, 1.165) is 16.5 Å². The molecule has 2 N–H and O–H groups in total. The van der Waals surface area contributed by atoms with E-state index < -0.39 is 15.6 Å². The van der Waals surface area contributed by atoms with Crippen molar-refractivity contribution in [2.75, 3.05) is 6.54 Å². The normalized spacial score (nSPS) is 14.4. The van der Waals surface area contributed by atoms with Gasteiger partial charge in [-0.3, -0.25) is 0 Å². The van der Waals surface area contributed by atoms with E-state index in [4.69, 9.17) is 4.42 Å². The quantitative estimate of drug-likeness (QED) is 0.697. The Morgan fingerprint density at radius 2 is 1.63 bits per heavy atom. The van der Waals surface area contributed by atoms with Crippen LogP contribution in [0.4, 0.5) is 0 Å². The molecule has 0 saturated carbocycles. The van der Waals surface area contributed by atoms with Crippen LogP contribution >= 0.6 is 0 Å². The van der Waals surface area contributed by atoms with Crippen molar-refractivity contribution in [3.05, 3.63) is 64.4 Å². The second-order valence-corrected chi connectivity index (χ2v) is 9.04. The first-order valence-electron chi connectivity index (χ1n) is 8.81. The first kappa shape index (κ1) is 19.6. The monoisotopic (exact) mass is 387 g/mol. The topological polar surface area (TPSA) is 79.5 Å². The average Bonchev–Trinajstić information content (AvgIpc) is 3.04. The highest BCUT2D eigenvalue weighted by molar-refractivity contribution is 7.89. The van der Waals surface area contributed by atoms with Gasteiger partial charge in [0.25, 0.3) is 0 Å². The molecule has 0 aliphatic heterocycles. The lowest BCUT2D eigenvalue weighted by Crippen LogP contribution is -2.38. The summed E-state index contributed by atoms with van der Waals surface area (Å²) in [6.07, 6.45) is 0. The van der Waals surface area contributed by atoms with Crippen molar-refractivity contribution < 1.29 is 17.9 Å². The summed E-state index contributed by atoms with van der Waals surface area (Å²) in [5.74, 6) is 0.320. The van der Waals surface area contributed by atoms with E-state index in [1.165, 1.54) is 6.92 Å². The zero-order chi connectivity index (χ0) is 20.0. The molecule has 1 heterocycles. The van der Waals surface area contributed by atoms with Crippen molar-refractivity contribution in [1.29, 1.82) is 0 Å². The van der Waals surface area contributed by atoms with Crippen molar-refractivity contribution in [3.63, 3.8) is 0 Å². The van der Waals surface area contributed by atoms with Crippen LogP contribution in [0.15, 0.2) is 45.7 Å². The number of benzene rings is 2. The molecule has 0 amide bonds. The second kappa shape index (κ2) is 6.78. The number of aryl methyl sites for hydroxylation is 2. The van der Waals surface area contributed by atoms with Gasteiger partial charge in [-0.15, -0.1) is 0 Å². The van der Waals surface area contributed by atoms with Gasteiger partial charge < -0.3 is 9.52 Å². The molecule has 6 heteroatoms. The number of aliphatic hydroxyl groups is 1. The fourth-order valence-corrected chi connectivity index (χ4v) is 4.97. The van der Waals surface area contributed by atoms with Crippen molar-refractivity contribution in [2.45, 2.75) is 45.1 Å². The molecule has 0 spiro atoms. The van der Waals surface area contributed by atoms with Crippen LogP contribution in [0.3, 0.4) is 0 Å². The summed E-state index contributed by atoms with van der Waals surface area (Å²) in [4.78, 5) is 0.278. The molecule has 0 aliphatic rings. The number of fused-ring (bicyclic) bond motifs is 1. The molecule has 3 rings (SSSR count). The Hall–Kier alpha value is -2.15. The molecule has 0 radical (unpaired) electrons. The molecule has 144 valence electrons. The maximum atomic E-state index is 13.0. The van der Waals surface area contributed by atoms with Crippen LogP contribution in [-0.2, 0) is 15.6 Å². The number of para-hydroxylation sites is 1. The second-order valence-electron chi connectivity index (χ2n) is 7.34. The summed E-state index contributed by atoms with van der Waals surface area (Å²) in [5.41, 5.74) is 2.44. The smallest absolute Gasteiger partial charge is 0.241 e. The Balaban J connectivity index is 1.91. The van der Waals surface area contributed by atoms with Crippen molar-refractivity contribution in [2.24, 2.45) is 0 Å². The van der Waals surface area contributed by atoms with Gasteiger partial charge in [-0.25, -0.2) is 13.1 Å². The summed E-state index contributed by atoms with van der Waals surface area (Å²) in [5, 5.41) is 11.7. The van der Waals surface area contributed by atoms with E-state index in [1.54, 1.807) is 26.0 Å². The molecule has 1 unspecified atom stereocenters. The molecular weight excluding hydrogens is 362 g/mol. The van der Waals surface area contributed by atoms with Gasteiger partial charge in [0.1, 0.15) is 16.9 Å². The number of nitrogens with one attached hydrogen (secondary N) is 1. The third-order valence-electron chi connectivity index (χ3n) is 5.13. The number of rotatable bonds is 5. The number of sulfonamides is 1. The maximum Gasteiger partial charge on any atom is 0.241 e. The lowest BCUT2D eigenvalue weighted by molar-refractivity contribution is 0.0412. The van der Waals surface area contributed by atoms with Gasteiger partial charge in [-0.05, 0) is 69.0 Å². The van der Waals surface area contributed by atoms with E-state index in [9.17, 15) is 13.5 Å². The van der Waals surface area contributed by atoms with E-state index in [2.05, 4.69) is 4.72 Å². The Labute approximate surface area is 160 Å². The largest absolute Gasteiger partial charge is 0.458 e. The fraction of sp³-hybridized carbons (Fsp3) is 0.333. The third kappa shape index (κ3) is 3.65. The van der Waals surface area contributed by atoms with Gasteiger partial charge in [-0.2, -0.15) is 0 Å². The molecule has 0 fully saturated rings. The molecule has 5 nitrogen and oxygen atoms in total. The number of hydrogen-bond acceptors (Lipinski definition) is 4. The minimum atomic E-state index is -3.79. The summed E-state index contributed by atoms with van der Waals surface area (Å²) in [7, 11) is -3.79. The first-order chi connectivity index (χ1) is 12.5. The molecule has 0 aliphatic carbocycles. The van der Waals surface area contributed by atoms with Crippen molar-refractivity contribution >= 4 is 21.0 Å². The number of hydrogen-bond donors (Lipinski definition) is 2. The van der Waals surface area contributed by atoms with Crippen LogP contribution in [-0.4, -0.2) is 20.1 Å². The Bertz CT molecular complexity index is 1050. The van der Waals surface area contributed by atoms with Gasteiger partial charge in [0.2, 0.25) is 10.0 Å². The zero-order valence-corrected chi connectivity index (χ0v) is 17.1. The predicted octanol–water partition coefficient (Wildman–Crippen LogP) is 3.85. The van der Waals surface area contributed by atoms with Gasteiger partial charge in [0.05, 0.1) is 4.90 Å². The molecule has 2 aromatic carbocycles. The molecular formula is C21H25NO4S. The molecule has 1 atom stereocenters. The highest BCUT2D eigenvalue weighted by atomic mass is 32.2. The predicted molar refractivity (Wildman–Crippen MR) is 106 cm³/mol. The summed E-state index contributed by atoms with van der Waals surface area (Å²) < 4.78 is 34.2. The van der Waals surface area contributed by atoms with E-state index in [0.29, 0.717) is 22.5 Å². The van der Waals surface area contributed by atoms with Crippen LogP contribution in [0, 0.1) is 27.7 Å². The highest BCUT2D eigenvalue weighted by Gasteiger charge is 2.31. The zero-order valence-electron chi connectivity index (χ0n) is 16.3. The van der Waals surface area contributed by atoms with E-state index in [1.807, 2.05) is 38.1 Å². The molecule has 0 saturated heterocycles. The van der Waals surface area contributed by atoms with Crippen LogP contribution in [0.5, 0.6) is 0 Å². The lowest BCUT2D eigenvalue weighted by atomic mass is 10.0. The standard InChI is InChI=1S/C21H25NO4S/c1-13-10-14(2)16(4)20(15(13)3)27(24,25)22-12-21(5,23)19-11-17-8-6-7-9-18(17)26-19/h6-11,22-23H,12H2,1-5H3. The molecule has 1 aromatic heterocycles. The Morgan fingerprint density at radius 1 is 1.04 bits per heavy atom. The molecule has 0 bridgehead atoms. The van der Waals surface area contributed by atoms with Crippen molar-refractivity contribution in [3.8, 4) is 0 Å². The SMILES string of the molecule is Cc1cc(C)c(C)c(S(=O)(=O)NCC(C)(O)c2cc3ccccc3o2)c1C. The highest BCUT2D eigenvalue weighted by Crippen LogP contribution is 2.29. The summed E-state index contributed by atoms with van der Waals surface area (Å²) in [6, 6.07) is 11.1. The fourth-order valence-electron chi connectivity index (χ4n) is 3.23. The van der Waals surface area contributed by atoms with Gasteiger partial charge >= 0.3 is 0 Å². The molecule has 3 aromatic rings. The first-order valence-corrected chi connectivity index (χ1v) is 10.3. The maximum absolute atomic E-state index is 13.0. The van der Waals surface area contributed by atoms with Gasteiger partial charge in [0, 0.05) is 11.9 Å². The Morgan fingerprint density at radius 3 is 2.22 bits per heavy atom. The van der Waals surface area contributed by atoms with Gasteiger partial charge in [0.15, 0.2) is 0 Å². The molecule has 27 heavy (non-hydrogen) atoms. The van der Waals surface area contributed by atoms with E-state index >= 15 is 0 Å². The van der Waals surface area contributed by atoms with E-state index in [-0.39, 0.29) is 11.4 Å².